The summed E-state index contributed by atoms with van der Waals surface area (Å²) in [5.41, 5.74) is 2.67. The molecule has 1 N–H and O–H groups in total. The SMILES string of the molecule is Cc1cc(C)n(CC2CCN(CC(O)c3ccccc3F)CC2)n1. The van der Waals surface area contributed by atoms with Crippen molar-refractivity contribution in [2.45, 2.75) is 39.3 Å². The lowest BCUT2D eigenvalue weighted by Gasteiger charge is -2.33. The minimum absolute atomic E-state index is 0.329. The van der Waals surface area contributed by atoms with Crippen molar-refractivity contribution in [2.75, 3.05) is 19.6 Å². The molecule has 24 heavy (non-hydrogen) atoms. The molecule has 0 amide bonds. The maximum Gasteiger partial charge on any atom is 0.129 e. The van der Waals surface area contributed by atoms with Crippen molar-refractivity contribution in [3.05, 3.63) is 53.1 Å². The number of nitrogens with zero attached hydrogens (tertiary/aromatic N) is 3. The summed E-state index contributed by atoms with van der Waals surface area (Å²) in [6.07, 6.45) is 1.41. The molecule has 1 atom stereocenters. The van der Waals surface area contributed by atoms with E-state index in [2.05, 4.69) is 27.7 Å². The molecule has 0 saturated carbocycles. The fourth-order valence-electron chi connectivity index (χ4n) is 3.54. The summed E-state index contributed by atoms with van der Waals surface area (Å²) in [4.78, 5) is 2.23. The van der Waals surface area contributed by atoms with Gasteiger partial charge in [0.15, 0.2) is 0 Å². The number of β-amino-alcohol motifs (C(OH)–C–C–N with tert-alkyl or cyclic N) is 1. The number of piperidine rings is 1. The number of aromatic nitrogens is 2. The Bertz CT molecular complexity index is 677. The Morgan fingerprint density at radius 3 is 2.58 bits per heavy atom. The van der Waals surface area contributed by atoms with Gasteiger partial charge in [-0.2, -0.15) is 5.10 Å². The van der Waals surface area contributed by atoms with Gasteiger partial charge in [0.25, 0.3) is 0 Å². The van der Waals surface area contributed by atoms with Crippen LogP contribution in [0.3, 0.4) is 0 Å². The van der Waals surface area contributed by atoms with Gasteiger partial charge in [0.2, 0.25) is 0 Å². The highest BCUT2D eigenvalue weighted by molar-refractivity contribution is 5.20. The van der Waals surface area contributed by atoms with Gasteiger partial charge in [-0.15, -0.1) is 0 Å². The largest absolute Gasteiger partial charge is 0.387 e. The van der Waals surface area contributed by atoms with E-state index in [0.717, 1.165) is 38.2 Å². The predicted octanol–water partition coefficient (Wildman–Crippen LogP) is 3.08. The Hall–Kier alpha value is -1.72. The highest BCUT2D eigenvalue weighted by Crippen LogP contribution is 2.23. The van der Waals surface area contributed by atoms with Crippen LogP contribution in [0.25, 0.3) is 0 Å². The monoisotopic (exact) mass is 331 g/mol. The van der Waals surface area contributed by atoms with E-state index in [-0.39, 0.29) is 5.82 Å². The number of halogens is 1. The molecule has 0 radical (unpaired) electrons. The number of rotatable bonds is 5. The molecule has 1 aromatic heterocycles. The van der Waals surface area contributed by atoms with Crippen molar-refractivity contribution in [1.29, 1.82) is 0 Å². The maximum absolute atomic E-state index is 13.8. The third-order valence-electron chi connectivity index (χ3n) is 4.94. The van der Waals surface area contributed by atoms with E-state index >= 15 is 0 Å². The van der Waals surface area contributed by atoms with Gasteiger partial charge in [-0.3, -0.25) is 4.68 Å². The van der Waals surface area contributed by atoms with Crippen molar-refractivity contribution in [3.8, 4) is 0 Å². The van der Waals surface area contributed by atoms with Crippen LogP contribution >= 0.6 is 0 Å². The number of aliphatic hydroxyl groups is 1. The molecule has 4 nitrogen and oxygen atoms in total. The first kappa shape index (κ1) is 17.1. The number of aliphatic hydroxyl groups excluding tert-OH is 1. The minimum atomic E-state index is -0.765. The van der Waals surface area contributed by atoms with Crippen molar-refractivity contribution >= 4 is 0 Å². The number of hydrogen-bond donors (Lipinski definition) is 1. The van der Waals surface area contributed by atoms with E-state index in [1.54, 1.807) is 18.2 Å². The number of likely N-dealkylation sites (tertiary alicyclic amines) is 1. The first-order valence-electron chi connectivity index (χ1n) is 8.69. The van der Waals surface area contributed by atoms with E-state index in [1.807, 2.05) is 6.92 Å². The van der Waals surface area contributed by atoms with E-state index in [1.165, 1.54) is 11.8 Å². The van der Waals surface area contributed by atoms with Gasteiger partial charge in [0, 0.05) is 24.3 Å². The average Bonchev–Trinajstić information content (AvgIpc) is 2.87. The lowest BCUT2D eigenvalue weighted by molar-refractivity contribution is 0.0838. The van der Waals surface area contributed by atoms with Crippen molar-refractivity contribution in [3.63, 3.8) is 0 Å². The summed E-state index contributed by atoms with van der Waals surface area (Å²) < 4.78 is 15.9. The van der Waals surface area contributed by atoms with Gasteiger partial charge < -0.3 is 10.0 Å². The van der Waals surface area contributed by atoms with Crippen molar-refractivity contribution < 1.29 is 9.50 Å². The Morgan fingerprint density at radius 1 is 1.25 bits per heavy atom. The first-order chi connectivity index (χ1) is 11.5. The van der Waals surface area contributed by atoms with E-state index in [9.17, 15) is 9.50 Å². The molecular weight excluding hydrogens is 305 g/mol. The standard InChI is InChI=1S/C19H26FN3O/c1-14-11-15(2)23(21-14)12-16-7-9-22(10-8-16)13-19(24)17-5-3-4-6-18(17)20/h3-6,11,16,19,24H,7-10,12-13H2,1-2H3. The minimum Gasteiger partial charge on any atom is -0.387 e. The second-order valence-corrected chi connectivity index (χ2v) is 6.89. The quantitative estimate of drug-likeness (QED) is 0.915. The summed E-state index contributed by atoms with van der Waals surface area (Å²) in [7, 11) is 0. The van der Waals surface area contributed by atoms with Crippen LogP contribution < -0.4 is 0 Å². The van der Waals surface area contributed by atoms with Crippen LogP contribution in [-0.4, -0.2) is 39.4 Å². The highest BCUT2D eigenvalue weighted by Gasteiger charge is 2.23. The molecule has 1 fully saturated rings. The molecule has 130 valence electrons. The number of aryl methyl sites for hydroxylation is 2. The summed E-state index contributed by atoms with van der Waals surface area (Å²) in [5.74, 6) is 0.286. The second kappa shape index (κ2) is 7.45. The molecule has 3 rings (SSSR count). The van der Waals surface area contributed by atoms with Gasteiger partial charge in [-0.1, -0.05) is 18.2 Å². The first-order valence-corrected chi connectivity index (χ1v) is 8.69. The van der Waals surface area contributed by atoms with E-state index in [4.69, 9.17) is 0 Å². The lowest BCUT2D eigenvalue weighted by atomic mass is 9.96. The molecule has 0 aliphatic carbocycles. The summed E-state index contributed by atoms with van der Waals surface area (Å²) in [6.45, 7) is 7.46. The zero-order valence-corrected chi connectivity index (χ0v) is 14.5. The Kier molecular flexibility index (Phi) is 5.31. The molecule has 0 spiro atoms. The molecule has 1 aromatic carbocycles. The van der Waals surface area contributed by atoms with Crippen LogP contribution in [0.15, 0.2) is 30.3 Å². The molecule has 0 bridgehead atoms. The summed E-state index contributed by atoms with van der Waals surface area (Å²) in [5, 5.41) is 14.8. The number of benzene rings is 1. The molecule has 1 aliphatic heterocycles. The summed E-state index contributed by atoms with van der Waals surface area (Å²) in [6, 6.07) is 8.59. The zero-order chi connectivity index (χ0) is 17.1. The Morgan fingerprint density at radius 2 is 1.96 bits per heavy atom. The van der Waals surface area contributed by atoms with Crippen LogP contribution in [0.2, 0.25) is 0 Å². The third-order valence-corrected chi connectivity index (χ3v) is 4.94. The third kappa shape index (κ3) is 4.02. The van der Waals surface area contributed by atoms with Crippen molar-refractivity contribution in [2.24, 2.45) is 5.92 Å². The highest BCUT2D eigenvalue weighted by atomic mass is 19.1. The normalized spacial score (nSPS) is 18.0. The van der Waals surface area contributed by atoms with Gasteiger partial charge in [0.1, 0.15) is 5.82 Å². The molecule has 2 heterocycles. The van der Waals surface area contributed by atoms with E-state index in [0.29, 0.717) is 18.0 Å². The van der Waals surface area contributed by atoms with Crippen LogP contribution in [0, 0.1) is 25.6 Å². The molecule has 2 aromatic rings. The maximum atomic E-state index is 13.8. The predicted molar refractivity (Wildman–Crippen MR) is 92.2 cm³/mol. The fourth-order valence-corrected chi connectivity index (χ4v) is 3.54. The molecule has 1 aliphatic rings. The van der Waals surface area contributed by atoms with Gasteiger partial charge in [0.05, 0.1) is 11.8 Å². The molecule has 1 saturated heterocycles. The molecule has 5 heteroatoms. The topological polar surface area (TPSA) is 41.3 Å². The van der Waals surface area contributed by atoms with Gasteiger partial charge in [-0.25, -0.2) is 4.39 Å². The molecule has 1 unspecified atom stereocenters. The van der Waals surface area contributed by atoms with Crippen LogP contribution in [-0.2, 0) is 6.54 Å². The second-order valence-electron chi connectivity index (χ2n) is 6.89. The fraction of sp³-hybridized carbons (Fsp3) is 0.526. The number of hydrogen-bond acceptors (Lipinski definition) is 3. The van der Waals surface area contributed by atoms with Gasteiger partial charge >= 0.3 is 0 Å². The average molecular weight is 331 g/mol. The van der Waals surface area contributed by atoms with Gasteiger partial charge in [-0.05, 0) is 57.8 Å². The Labute approximate surface area is 142 Å². The van der Waals surface area contributed by atoms with Crippen LogP contribution in [0.1, 0.15) is 35.9 Å². The van der Waals surface area contributed by atoms with Crippen molar-refractivity contribution in [1.82, 2.24) is 14.7 Å². The Balaban J connectivity index is 1.50. The zero-order valence-electron chi connectivity index (χ0n) is 14.5. The summed E-state index contributed by atoms with van der Waals surface area (Å²) >= 11 is 0. The smallest absolute Gasteiger partial charge is 0.129 e. The van der Waals surface area contributed by atoms with E-state index < -0.39 is 6.10 Å². The molecular formula is C19H26FN3O. The lowest BCUT2D eigenvalue weighted by Crippen LogP contribution is -2.37. The van der Waals surface area contributed by atoms with Crippen LogP contribution in [0.4, 0.5) is 4.39 Å². The van der Waals surface area contributed by atoms with Crippen LogP contribution in [0.5, 0.6) is 0 Å².